The van der Waals surface area contributed by atoms with Crippen LogP contribution in [0.25, 0.3) is 0 Å². The number of carbonyl (C=O) groups excluding carboxylic acids is 2. The van der Waals surface area contributed by atoms with Crippen LogP contribution in [-0.4, -0.2) is 36.9 Å². The molecule has 1 aliphatic rings. The smallest absolute Gasteiger partial charge is 0.253 e. The Balaban J connectivity index is 1.96. The third kappa shape index (κ3) is 4.04. The summed E-state index contributed by atoms with van der Waals surface area (Å²) in [6.45, 7) is 0. The van der Waals surface area contributed by atoms with E-state index in [0.29, 0.717) is 5.56 Å². The molecule has 2 unspecified atom stereocenters. The Hall–Kier alpha value is -1.88. The fourth-order valence-electron chi connectivity index (χ4n) is 2.66. The lowest BCUT2D eigenvalue weighted by atomic mass is 9.85. The first-order chi connectivity index (χ1) is 9.97. The molecular weight excluding hydrogens is 266 g/mol. The van der Waals surface area contributed by atoms with Gasteiger partial charge in [-0.3, -0.25) is 9.59 Å². The topological polar surface area (TPSA) is 75.4 Å². The third-order valence-electron chi connectivity index (χ3n) is 3.89. The minimum absolute atomic E-state index is 0.00293. The fourth-order valence-corrected chi connectivity index (χ4v) is 2.66. The molecule has 21 heavy (non-hydrogen) atoms. The van der Waals surface area contributed by atoms with Crippen LogP contribution >= 0.6 is 0 Å². The molecule has 0 spiro atoms. The van der Waals surface area contributed by atoms with Gasteiger partial charge >= 0.3 is 0 Å². The number of carbonyl (C=O) groups is 2. The molecule has 2 amide bonds. The molecule has 1 aliphatic carbocycles. The minimum atomic E-state index is -0.0499. The molecule has 2 atom stereocenters. The Kier molecular flexibility index (Phi) is 4.96. The number of nitrogens with zero attached hydrogens (tertiary/aromatic N) is 1. The summed E-state index contributed by atoms with van der Waals surface area (Å²) in [5.74, 6) is -0.0280. The van der Waals surface area contributed by atoms with E-state index < -0.39 is 0 Å². The number of hydrogen-bond acceptors (Lipinski definition) is 3. The number of rotatable bonds is 3. The van der Waals surface area contributed by atoms with E-state index in [4.69, 9.17) is 5.73 Å². The molecule has 0 saturated heterocycles. The van der Waals surface area contributed by atoms with E-state index in [1.807, 2.05) is 0 Å². The van der Waals surface area contributed by atoms with Gasteiger partial charge in [0.1, 0.15) is 0 Å². The lowest BCUT2D eigenvalue weighted by Gasteiger charge is -2.25. The number of amides is 2. The first-order valence-corrected chi connectivity index (χ1v) is 7.35. The Labute approximate surface area is 125 Å². The van der Waals surface area contributed by atoms with Gasteiger partial charge in [0.05, 0.1) is 0 Å². The van der Waals surface area contributed by atoms with Gasteiger partial charge in [-0.1, -0.05) is 6.42 Å². The Bertz CT molecular complexity index is 511. The van der Waals surface area contributed by atoms with Crippen molar-refractivity contribution in [3.05, 3.63) is 29.8 Å². The lowest BCUT2D eigenvalue weighted by Crippen LogP contribution is -2.34. The Morgan fingerprint density at radius 3 is 2.43 bits per heavy atom. The molecule has 5 nitrogen and oxygen atoms in total. The Morgan fingerprint density at radius 2 is 1.86 bits per heavy atom. The molecule has 0 aromatic heterocycles. The largest absolute Gasteiger partial charge is 0.345 e. The summed E-state index contributed by atoms with van der Waals surface area (Å²) in [5, 5.41) is 2.91. The zero-order valence-corrected chi connectivity index (χ0v) is 12.6. The van der Waals surface area contributed by atoms with Crippen molar-refractivity contribution in [3.63, 3.8) is 0 Å². The van der Waals surface area contributed by atoms with Gasteiger partial charge in [-0.25, -0.2) is 0 Å². The third-order valence-corrected chi connectivity index (χ3v) is 3.89. The SMILES string of the molecule is CN(C)C(=O)c1ccc(NC(=O)C2CCCC(N)C2)cc1. The predicted molar refractivity (Wildman–Crippen MR) is 83.0 cm³/mol. The van der Waals surface area contributed by atoms with Gasteiger partial charge in [-0.15, -0.1) is 0 Å². The minimum Gasteiger partial charge on any atom is -0.345 e. The summed E-state index contributed by atoms with van der Waals surface area (Å²) in [5.41, 5.74) is 7.24. The maximum atomic E-state index is 12.2. The first kappa shape index (κ1) is 15.5. The van der Waals surface area contributed by atoms with Crippen LogP contribution in [0.3, 0.4) is 0 Å². The quantitative estimate of drug-likeness (QED) is 0.891. The van der Waals surface area contributed by atoms with Crippen LogP contribution in [0.5, 0.6) is 0 Å². The maximum absolute atomic E-state index is 12.2. The number of anilines is 1. The van der Waals surface area contributed by atoms with Crippen molar-refractivity contribution in [1.29, 1.82) is 0 Å². The van der Waals surface area contributed by atoms with Crippen LogP contribution < -0.4 is 11.1 Å². The van der Waals surface area contributed by atoms with E-state index in [2.05, 4.69) is 5.32 Å². The van der Waals surface area contributed by atoms with Crippen LogP contribution in [-0.2, 0) is 4.79 Å². The van der Waals surface area contributed by atoms with Crippen molar-refractivity contribution in [2.75, 3.05) is 19.4 Å². The van der Waals surface area contributed by atoms with Crippen molar-refractivity contribution in [3.8, 4) is 0 Å². The van der Waals surface area contributed by atoms with Crippen molar-refractivity contribution in [1.82, 2.24) is 4.90 Å². The van der Waals surface area contributed by atoms with E-state index in [0.717, 1.165) is 31.4 Å². The molecular formula is C16H23N3O2. The predicted octanol–water partition coefficient (Wildman–Crippen LogP) is 1.84. The van der Waals surface area contributed by atoms with E-state index in [1.54, 1.807) is 38.4 Å². The molecule has 0 radical (unpaired) electrons. The summed E-state index contributed by atoms with van der Waals surface area (Å²) in [7, 11) is 3.43. The van der Waals surface area contributed by atoms with E-state index in [-0.39, 0.29) is 23.8 Å². The van der Waals surface area contributed by atoms with Crippen LogP contribution in [0.2, 0.25) is 0 Å². The number of hydrogen-bond donors (Lipinski definition) is 2. The highest BCUT2D eigenvalue weighted by Crippen LogP contribution is 2.24. The number of nitrogens with one attached hydrogen (secondary N) is 1. The second-order valence-electron chi connectivity index (χ2n) is 5.89. The van der Waals surface area contributed by atoms with Crippen LogP contribution in [0.4, 0.5) is 5.69 Å². The van der Waals surface area contributed by atoms with Gasteiger partial charge in [0.2, 0.25) is 5.91 Å². The first-order valence-electron chi connectivity index (χ1n) is 7.35. The molecule has 0 aliphatic heterocycles. The van der Waals surface area contributed by atoms with E-state index >= 15 is 0 Å². The highest BCUT2D eigenvalue weighted by Gasteiger charge is 2.25. The molecule has 0 heterocycles. The molecule has 3 N–H and O–H groups in total. The van der Waals surface area contributed by atoms with Gasteiger partial charge in [-0.2, -0.15) is 0 Å². The molecule has 1 aromatic rings. The molecule has 114 valence electrons. The monoisotopic (exact) mass is 289 g/mol. The Morgan fingerprint density at radius 1 is 1.19 bits per heavy atom. The number of nitrogens with two attached hydrogens (primary N) is 1. The molecule has 0 bridgehead atoms. The van der Waals surface area contributed by atoms with Crippen molar-refractivity contribution < 1.29 is 9.59 Å². The second-order valence-corrected chi connectivity index (χ2v) is 5.89. The zero-order chi connectivity index (χ0) is 15.4. The zero-order valence-electron chi connectivity index (χ0n) is 12.6. The molecule has 2 rings (SSSR count). The molecule has 1 aromatic carbocycles. The average molecular weight is 289 g/mol. The summed E-state index contributed by atoms with van der Waals surface area (Å²) in [6.07, 6.45) is 3.67. The normalized spacial score (nSPS) is 21.7. The summed E-state index contributed by atoms with van der Waals surface area (Å²) in [4.78, 5) is 25.5. The van der Waals surface area contributed by atoms with Gasteiger partial charge in [0.25, 0.3) is 5.91 Å². The van der Waals surface area contributed by atoms with Gasteiger partial charge in [-0.05, 0) is 43.5 Å². The van der Waals surface area contributed by atoms with Crippen molar-refractivity contribution in [2.24, 2.45) is 11.7 Å². The highest BCUT2D eigenvalue weighted by molar-refractivity contribution is 5.96. The van der Waals surface area contributed by atoms with Crippen LogP contribution in [0.15, 0.2) is 24.3 Å². The second kappa shape index (κ2) is 6.72. The van der Waals surface area contributed by atoms with E-state index in [1.165, 1.54) is 4.90 Å². The molecule has 1 fully saturated rings. The lowest BCUT2D eigenvalue weighted by molar-refractivity contribution is -0.120. The van der Waals surface area contributed by atoms with Crippen molar-refractivity contribution in [2.45, 2.75) is 31.7 Å². The average Bonchev–Trinajstić information content (AvgIpc) is 2.47. The van der Waals surface area contributed by atoms with Gasteiger partial charge < -0.3 is 16.0 Å². The maximum Gasteiger partial charge on any atom is 0.253 e. The van der Waals surface area contributed by atoms with Gasteiger partial charge in [0.15, 0.2) is 0 Å². The fraction of sp³-hybridized carbons (Fsp3) is 0.500. The molecule has 5 heteroatoms. The summed E-state index contributed by atoms with van der Waals surface area (Å²) in [6, 6.07) is 7.11. The highest BCUT2D eigenvalue weighted by atomic mass is 16.2. The van der Waals surface area contributed by atoms with Gasteiger partial charge in [0, 0.05) is 37.3 Å². The summed E-state index contributed by atoms with van der Waals surface area (Å²) >= 11 is 0. The summed E-state index contributed by atoms with van der Waals surface area (Å²) < 4.78 is 0. The molecule has 1 saturated carbocycles. The van der Waals surface area contributed by atoms with Crippen LogP contribution in [0.1, 0.15) is 36.0 Å². The van der Waals surface area contributed by atoms with Crippen molar-refractivity contribution >= 4 is 17.5 Å². The standard InChI is InChI=1S/C16H23N3O2/c1-19(2)16(21)11-6-8-14(9-7-11)18-15(20)12-4-3-5-13(17)10-12/h6-9,12-13H,3-5,10,17H2,1-2H3,(H,18,20). The number of benzene rings is 1. The van der Waals surface area contributed by atoms with Crippen LogP contribution in [0, 0.1) is 5.92 Å². The van der Waals surface area contributed by atoms with E-state index in [9.17, 15) is 9.59 Å².